The first-order valence-electron chi connectivity index (χ1n) is 12.5. The summed E-state index contributed by atoms with van der Waals surface area (Å²) in [5.41, 5.74) is 1.82. The molecule has 0 radical (unpaired) electrons. The van der Waals surface area contributed by atoms with E-state index >= 15 is 0 Å². The van der Waals surface area contributed by atoms with Gasteiger partial charge in [0.2, 0.25) is 11.8 Å². The lowest BCUT2D eigenvalue weighted by atomic mass is 9.49. The van der Waals surface area contributed by atoms with Gasteiger partial charge in [0.15, 0.2) is 0 Å². The molecule has 1 atom stereocenters. The minimum atomic E-state index is -0.317. The third-order valence-electron chi connectivity index (χ3n) is 8.57. The van der Waals surface area contributed by atoms with Gasteiger partial charge in [-0.15, -0.1) is 0 Å². The molecular weight excluding hydrogens is 386 g/mol. The average Bonchev–Trinajstić information content (AvgIpc) is 3.24. The third-order valence-corrected chi connectivity index (χ3v) is 8.57. The first-order chi connectivity index (χ1) is 15.0. The van der Waals surface area contributed by atoms with E-state index < -0.39 is 0 Å². The van der Waals surface area contributed by atoms with Crippen LogP contribution < -0.4 is 10.2 Å². The quantitative estimate of drug-likeness (QED) is 0.723. The Kier molecular flexibility index (Phi) is 5.47. The molecule has 4 aliphatic carbocycles. The molecule has 4 saturated carbocycles. The van der Waals surface area contributed by atoms with Crippen LogP contribution in [0.1, 0.15) is 65.2 Å². The highest BCUT2D eigenvalue weighted by Crippen LogP contribution is 2.60. The second-order valence-corrected chi connectivity index (χ2v) is 10.6. The molecule has 5 heteroatoms. The number of anilines is 2. The molecule has 5 aliphatic rings. The Morgan fingerprint density at radius 2 is 1.58 bits per heavy atom. The summed E-state index contributed by atoms with van der Waals surface area (Å²) < 4.78 is 0. The van der Waals surface area contributed by atoms with Crippen LogP contribution >= 0.6 is 0 Å². The van der Waals surface area contributed by atoms with E-state index in [0.29, 0.717) is 5.91 Å². The van der Waals surface area contributed by atoms with Gasteiger partial charge in [0, 0.05) is 31.0 Å². The number of carbonyl (C=O) groups is 2. The van der Waals surface area contributed by atoms with Crippen molar-refractivity contribution in [3.63, 3.8) is 0 Å². The Balaban J connectivity index is 1.27. The van der Waals surface area contributed by atoms with E-state index in [0.717, 1.165) is 75.2 Å². The van der Waals surface area contributed by atoms with E-state index in [1.165, 1.54) is 24.9 Å². The second-order valence-electron chi connectivity index (χ2n) is 10.6. The van der Waals surface area contributed by atoms with Crippen LogP contribution in [0.4, 0.5) is 11.4 Å². The maximum Gasteiger partial charge on any atom is 0.247 e. The Morgan fingerprint density at radius 1 is 1.00 bits per heavy atom. The summed E-state index contributed by atoms with van der Waals surface area (Å²) in [6.45, 7) is 6.96. The zero-order chi connectivity index (χ0) is 21.6. The average molecular weight is 424 g/mol. The zero-order valence-corrected chi connectivity index (χ0v) is 19.1. The lowest BCUT2D eigenvalue weighted by Crippen LogP contribution is -2.56. The number of benzene rings is 1. The van der Waals surface area contributed by atoms with Crippen LogP contribution in [0.3, 0.4) is 0 Å². The van der Waals surface area contributed by atoms with E-state index in [4.69, 9.17) is 0 Å². The molecule has 6 rings (SSSR count). The molecule has 0 aromatic heterocycles. The van der Waals surface area contributed by atoms with Crippen molar-refractivity contribution >= 4 is 23.2 Å². The molecule has 2 amide bonds. The Labute approximate surface area is 186 Å². The summed E-state index contributed by atoms with van der Waals surface area (Å²) in [5, 5.41) is 3.09. The van der Waals surface area contributed by atoms with Crippen LogP contribution in [0.15, 0.2) is 24.3 Å². The minimum absolute atomic E-state index is 0.0221. The topological polar surface area (TPSA) is 52.7 Å². The largest absolute Gasteiger partial charge is 0.372 e. The van der Waals surface area contributed by atoms with Gasteiger partial charge < -0.3 is 15.1 Å². The number of amides is 2. The summed E-state index contributed by atoms with van der Waals surface area (Å²) in [4.78, 5) is 31.2. The number of nitrogens with zero attached hydrogens (tertiary/aromatic N) is 2. The summed E-state index contributed by atoms with van der Waals surface area (Å²) in [7, 11) is 0. The summed E-state index contributed by atoms with van der Waals surface area (Å²) in [5.74, 6) is 2.51. The molecule has 1 aromatic carbocycles. The molecule has 168 valence electrons. The van der Waals surface area contributed by atoms with Gasteiger partial charge in [0.1, 0.15) is 6.04 Å². The van der Waals surface area contributed by atoms with Crippen molar-refractivity contribution in [2.75, 3.05) is 29.9 Å². The van der Waals surface area contributed by atoms with Gasteiger partial charge in [-0.25, -0.2) is 0 Å². The van der Waals surface area contributed by atoms with Gasteiger partial charge >= 0.3 is 0 Å². The van der Waals surface area contributed by atoms with Crippen molar-refractivity contribution in [1.82, 2.24) is 4.90 Å². The molecular formula is C26H37N3O2. The number of hydrogen-bond acceptors (Lipinski definition) is 3. The number of nitrogens with one attached hydrogen (secondary N) is 1. The van der Waals surface area contributed by atoms with Crippen molar-refractivity contribution in [3.8, 4) is 0 Å². The predicted octanol–water partition coefficient (Wildman–Crippen LogP) is 4.68. The first kappa shape index (κ1) is 20.8. The van der Waals surface area contributed by atoms with E-state index in [1.807, 2.05) is 17.0 Å². The normalized spacial score (nSPS) is 33.5. The van der Waals surface area contributed by atoms with Crippen molar-refractivity contribution in [2.45, 2.75) is 71.3 Å². The number of carbonyl (C=O) groups excluding carboxylic acids is 2. The lowest BCUT2D eigenvalue weighted by Gasteiger charge is -2.56. The van der Waals surface area contributed by atoms with Gasteiger partial charge in [-0.1, -0.05) is 0 Å². The van der Waals surface area contributed by atoms with Crippen LogP contribution in [-0.4, -0.2) is 42.4 Å². The molecule has 31 heavy (non-hydrogen) atoms. The van der Waals surface area contributed by atoms with E-state index in [1.54, 1.807) is 0 Å². The van der Waals surface area contributed by atoms with Crippen LogP contribution in [0, 0.1) is 23.2 Å². The van der Waals surface area contributed by atoms with Gasteiger partial charge in [0.25, 0.3) is 0 Å². The van der Waals surface area contributed by atoms with Gasteiger partial charge in [-0.3, -0.25) is 9.59 Å². The van der Waals surface area contributed by atoms with E-state index in [9.17, 15) is 9.59 Å². The molecule has 0 unspecified atom stereocenters. The molecule has 1 aromatic rings. The highest BCUT2D eigenvalue weighted by Gasteiger charge is 2.56. The van der Waals surface area contributed by atoms with Crippen molar-refractivity contribution in [3.05, 3.63) is 24.3 Å². The standard InChI is InChI=1S/C26H37N3O2/c1-3-28(4-2)22-9-7-21(8-10-22)27-24(30)23-6-5-11-29(23)25(31)26-15-18-12-19(16-26)14-20(13-18)17-26/h7-10,18-20,23H,3-6,11-17H2,1-2H3,(H,27,30)/t18?,19?,20?,23-,26?/m1/s1. The molecule has 1 heterocycles. The summed E-state index contributed by atoms with van der Waals surface area (Å²) >= 11 is 0. The predicted molar refractivity (Wildman–Crippen MR) is 124 cm³/mol. The van der Waals surface area contributed by atoms with Crippen LogP contribution in [0.25, 0.3) is 0 Å². The fraction of sp³-hybridized carbons (Fsp3) is 0.692. The molecule has 5 fully saturated rings. The Morgan fingerprint density at radius 3 is 2.13 bits per heavy atom. The molecule has 1 N–H and O–H groups in total. The SMILES string of the molecule is CCN(CC)c1ccc(NC(=O)[C@H]2CCCN2C(=O)C23CC4CC(CC(C4)C2)C3)cc1. The van der Waals surface area contributed by atoms with E-state index in [2.05, 4.69) is 36.2 Å². The monoisotopic (exact) mass is 423 g/mol. The van der Waals surface area contributed by atoms with Crippen molar-refractivity contribution < 1.29 is 9.59 Å². The van der Waals surface area contributed by atoms with Gasteiger partial charge in [0.05, 0.1) is 5.41 Å². The third kappa shape index (κ3) is 3.74. The molecule has 4 bridgehead atoms. The fourth-order valence-corrected chi connectivity index (χ4v) is 7.53. The lowest BCUT2D eigenvalue weighted by molar-refractivity contribution is -0.160. The number of hydrogen-bond donors (Lipinski definition) is 1. The summed E-state index contributed by atoms with van der Waals surface area (Å²) in [6.07, 6.45) is 8.90. The summed E-state index contributed by atoms with van der Waals surface area (Å²) in [6, 6.07) is 7.77. The first-order valence-corrected chi connectivity index (χ1v) is 12.5. The molecule has 5 nitrogen and oxygen atoms in total. The molecule has 0 spiro atoms. The van der Waals surface area contributed by atoms with E-state index in [-0.39, 0.29) is 17.4 Å². The Hall–Kier alpha value is -2.04. The maximum absolute atomic E-state index is 13.8. The highest BCUT2D eigenvalue weighted by molar-refractivity contribution is 5.98. The van der Waals surface area contributed by atoms with Gasteiger partial charge in [-0.2, -0.15) is 0 Å². The Bertz CT molecular complexity index is 794. The number of likely N-dealkylation sites (tertiary alicyclic amines) is 1. The van der Waals surface area contributed by atoms with Crippen LogP contribution in [-0.2, 0) is 9.59 Å². The number of rotatable bonds is 6. The minimum Gasteiger partial charge on any atom is -0.372 e. The fourth-order valence-electron chi connectivity index (χ4n) is 7.53. The second kappa shape index (κ2) is 8.14. The zero-order valence-electron chi connectivity index (χ0n) is 19.1. The van der Waals surface area contributed by atoms with Crippen LogP contribution in [0.2, 0.25) is 0 Å². The van der Waals surface area contributed by atoms with Crippen LogP contribution in [0.5, 0.6) is 0 Å². The smallest absolute Gasteiger partial charge is 0.247 e. The van der Waals surface area contributed by atoms with Crippen molar-refractivity contribution in [2.24, 2.45) is 23.2 Å². The molecule has 1 aliphatic heterocycles. The van der Waals surface area contributed by atoms with Gasteiger partial charge in [-0.05, 0) is 107 Å². The highest BCUT2D eigenvalue weighted by atomic mass is 16.2. The molecule has 1 saturated heterocycles. The maximum atomic E-state index is 13.8. The van der Waals surface area contributed by atoms with Crippen molar-refractivity contribution in [1.29, 1.82) is 0 Å².